The van der Waals surface area contributed by atoms with E-state index in [0.29, 0.717) is 0 Å². The van der Waals surface area contributed by atoms with Gasteiger partial charge in [-0.2, -0.15) is 0 Å². The summed E-state index contributed by atoms with van der Waals surface area (Å²) in [6.45, 7) is 7.27. The highest BCUT2D eigenvalue weighted by Gasteiger charge is 2.14. The maximum atomic E-state index is 6.16. The van der Waals surface area contributed by atoms with Crippen molar-refractivity contribution in [3.8, 4) is 0 Å². The zero-order valence-electron chi connectivity index (χ0n) is 13.4. The van der Waals surface area contributed by atoms with Crippen molar-refractivity contribution in [1.29, 1.82) is 0 Å². The molecule has 0 aliphatic heterocycles. The molecule has 0 amide bonds. The molecule has 2 aromatic rings. The topological polar surface area (TPSA) is 41.6 Å². The molecule has 0 aromatic heterocycles. The lowest BCUT2D eigenvalue weighted by atomic mass is 9.98. The number of hydrogen-bond donors (Lipinski definition) is 1. The van der Waals surface area contributed by atoms with Gasteiger partial charge in [-0.05, 0) is 24.7 Å². The van der Waals surface area contributed by atoms with Gasteiger partial charge in [0.15, 0.2) is 0 Å². The second kappa shape index (κ2) is 8.35. The first-order chi connectivity index (χ1) is 10.8. The van der Waals surface area contributed by atoms with Crippen molar-refractivity contribution in [2.75, 3.05) is 25.4 Å². The fourth-order valence-electron chi connectivity index (χ4n) is 2.49. The van der Waals surface area contributed by atoms with Crippen molar-refractivity contribution in [3.05, 3.63) is 65.7 Å². The van der Waals surface area contributed by atoms with Crippen LogP contribution >= 0.6 is 0 Å². The molecule has 2 aromatic carbocycles. The Hall–Kier alpha value is -2.13. The third-order valence-electron chi connectivity index (χ3n) is 3.89. The third-order valence-corrected chi connectivity index (χ3v) is 3.89. The highest BCUT2D eigenvalue weighted by Crippen LogP contribution is 2.29. The lowest BCUT2D eigenvalue weighted by Crippen LogP contribution is -2.25. The minimum absolute atomic E-state index is 0.0436. The smallest absolute Gasteiger partial charge is 0.102 e. The maximum absolute atomic E-state index is 6.16. The van der Waals surface area contributed by atoms with E-state index >= 15 is 0 Å². The number of benzene rings is 2. The summed E-state index contributed by atoms with van der Waals surface area (Å²) in [6.07, 6.45) is 2.01. The van der Waals surface area contributed by atoms with Gasteiger partial charge in [0, 0.05) is 24.0 Å². The predicted octanol–water partition coefficient (Wildman–Crippen LogP) is 3.77. The Morgan fingerprint density at radius 1 is 1.00 bits per heavy atom. The van der Waals surface area contributed by atoms with Gasteiger partial charge in [0.05, 0.1) is 0 Å². The van der Waals surface area contributed by atoms with Gasteiger partial charge in [-0.25, -0.2) is 0 Å². The molecule has 1 atom stereocenters. The summed E-state index contributed by atoms with van der Waals surface area (Å²) >= 11 is 0. The number of nitrogen functional groups attached to an aromatic ring is 1. The molecular formula is C19H25N3. The third kappa shape index (κ3) is 4.18. The molecular weight excluding hydrogens is 270 g/mol. The van der Waals surface area contributed by atoms with Gasteiger partial charge >= 0.3 is 0 Å². The van der Waals surface area contributed by atoms with Gasteiger partial charge in [0.2, 0.25) is 0 Å². The van der Waals surface area contributed by atoms with E-state index in [1.54, 1.807) is 0 Å². The van der Waals surface area contributed by atoms with E-state index < -0.39 is 0 Å². The van der Waals surface area contributed by atoms with Crippen molar-refractivity contribution >= 4 is 11.9 Å². The lowest BCUT2D eigenvalue weighted by Gasteiger charge is -2.18. The fourth-order valence-corrected chi connectivity index (χ4v) is 2.49. The first-order valence-electron chi connectivity index (χ1n) is 7.89. The fraction of sp³-hybridized carbons (Fsp3) is 0.316. The van der Waals surface area contributed by atoms with Crippen molar-refractivity contribution in [3.63, 3.8) is 0 Å². The molecule has 0 heterocycles. The van der Waals surface area contributed by atoms with Crippen LogP contribution in [-0.4, -0.2) is 30.7 Å². The molecule has 0 radical (unpaired) electrons. The number of para-hydroxylation sites is 1. The highest BCUT2D eigenvalue weighted by atomic mass is 15.1. The van der Waals surface area contributed by atoms with Crippen LogP contribution < -0.4 is 5.73 Å². The average Bonchev–Trinajstić information content (AvgIpc) is 2.57. The largest absolute Gasteiger partial charge is 0.398 e. The number of rotatable bonds is 7. The summed E-state index contributed by atoms with van der Waals surface area (Å²) in [5.74, 6) is 0. The summed E-state index contributed by atoms with van der Waals surface area (Å²) < 4.78 is 0. The first-order valence-corrected chi connectivity index (χ1v) is 7.89. The van der Waals surface area contributed by atoms with Gasteiger partial charge < -0.3 is 5.73 Å². The SMILES string of the molecule is CCN(CC)CC=NC(c1ccccc1)c1ccccc1N. The quantitative estimate of drug-likeness (QED) is 0.624. The van der Waals surface area contributed by atoms with Crippen LogP contribution in [-0.2, 0) is 0 Å². The van der Waals surface area contributed by atoms with Crippen LogP contribution in [0.3, 0.4) is 0 Å². The summed E-state index contributed by atoms with van der Waals surface area (Å²) in [5.41, 5.74) is 9.17. The molecule has 3 nitrogen and oxygen atoms in total. The number of nitrogens with two attached hydrogens (primary N) is 1. The zero-order valence-corrected chi connectivity index (χ0v) is 13.4. The Kier molecular flexibility index (Phi) is 6.16. The van der Waals surface area contributed by atoms with Crippen LogP contribution in [0.2, 0.25) is 0 Å². The van der Waals surface area contributed by atoms with Crippen LogP contribution in [0.5, 0.6) is 0 Å². The summed E-state index contributed by atoms with van der Waals surface area (Å²) in [7, 11) is 0. The predicted molar refractivity (Wildman–Crippen MR) is 95.4 cm³/mol. The Bertz CT molecular complexity index is 589. The lowest BCUT2D eigenvalue weighted by molar-refractivity contribution is 0.349. The molecule has 0 saturated heterocycles. The van der Waals surface area contributed by atoms with Gasteiger partial charge in [-0.3, -0.25) is 9.89 Å². The van der Waals surface area contributed by atoms with E-state index in [1.807, 2.05) is 42.6 Å². The number of aliphatic imine (C=N–C) groups is 1. The molecule has 0 aliphatic carbocycles. The Morgan fingerprint density at radius 2 is 1.64 bits per heavy atom. The highest BCUT2D eigenvalue weighted by molar-refractivity contribution is 5.62. The molecule has 116 valence electrons. The van der Waals surface area contributed by atoms with E-state index in [2.05, 4.69) is 36.9 Å². The molecule has 2 N–H and O–H groups in total. The van der Waals surface area contributed by atoms with E-state index in [0.717, 1.165) is 36.4 Å². The van der Waals surface area contributed by atoms with Gasteiger partial charge in [0.1, 0.15) is 6.04 Å². The van der Waals surface area contributed by atoms with Crippen molar-refractivity contribution in [1.82, 2.24) is 4.90 Å². The van der Waals surface area contributed by atoms with Gasteiger partial charge in [0.25, 0.3) is 0 Å². The van der Waals surface area contributed by atoms with Gasteiger partial charge in [-0.15, -0.1) is 0 Å². The summed E-state index contributed by atoms with van der Waals surface area (Å²) in [6, 6.07) is 18.2. The minimum Gasteiger partial charge on any atom is -0.398 e. The molecule has 0 fully saturated rings. The second-order valence-electron chi connectivity index (χ2n) is 5.26. The van der Waals surface area contributed by atoms with Crippen LogP contribution in [0.25, 0.3) is 0 Å². The minimum atomic E-state index is -0.0436. The standard InChI is InChI=1S/C19H25N3/c1-3-22(4-2)15-14-21-19(16-10-6-5-7-11-16)17-12-8-9-13-18(17)20/h5-14,19H,3-4,15,20H2,1-2H3. The Morgan fingerprint density at radius 3 is 2.27 bits per heavy atom. The monoisotopic (exact) mass is 295 g/mol. The molecule has 0 bridgehead atoms. The average molecular weight is 295 g/mol. The Labute approximate surface area is 133 Å². The molecule has 0 saturated carbocycles. The summed E-state index contributed by atoms with van der Waals surface area (Å²) in [4.78, 5) is 7.15. The molecule has 2 rings (SSSR count). The maximum Gasteiger partial charge on any atom is 0.102 e. The molecule has 1 unspecified atom stereocenters. The number of nitrogens with zero attached hydrogens (tertiary/aromatic N) is 2. The van der Waals surface area contributed by atoms with Gasteiger partial charge in [-0.1, -0.05) is 62.4 Å². The number of anilines is 1. The van der Waals surface area contributed by atoms with E-state index in [-0.39, 0.29) is 6.04 Å². The second-order valence-corrected chi connectivity index (χ2v) is 5.26. The van der Waals surface area contributed by atoms with Crippen LogP contribution in [0, 0.1) is 0 Å². The number of hydrogen-bond acceptors (Lipinski definition) is 3. The Balaban J connectivity index is 2.27. The molecule has 0 aliphatic rings. The van der Waals surface area contributed by atoms with E-state index in [9.17, 15) is 0 Å². The molecule has 3 heteroatoms. The van der Waals surface area contributed by atoms with E-state index in [4.69, 9.17) is 10.7 Å². The van der Waals surface area contributed by atoms with Crippen molar-refractivity contribution in [2.45, 2.75) is 19.9 Å². The molecule has 0 spiro atoms. The van der Waals surface area contributed by atoms with E-state index in [1.165, 1.54) is 0 Å². The first kappa shape index (κ1) is 16.2. The molecule has 22 heavy (non-hydrogen) atoms. The van der Waals surface area contributed by atoms with Crippen molar-refractivity contribution < 1.29 is 0 Å². The van der Waals surface area contributed by atoms with Crippen LogP contribution in [0.1, 0.15) is 31.0 Å². The summed E-state index contributed by atoms with van der Waals surface area (Å²) in [5, 5.41) is 0. The van der Waals surface area contributed by atoms with Crippen molar-refractivity contribution in [2.24, 2.45) is 4.99 Å². The van der Waals surface area contributed by atoms with Crippen LogP contribution in [0.4, 0.5) is 5.69 Å². The zero-order chi connectivity index (χ0) is 15.8. The van der Waals surface area contributed by atoms with Crippen LogP contribution in [0.15, 0.2) is 59.6 Å². The normalized spacial score (nSPS) is 12.9.